The van der Waals surface area contributed by atoms with Gasteiger partial charge in [-0.25, -0.2) is 17.6 Å². The lowest BCUT2D eigenvalue weighted by atomic mass is 9.98. The summed E-state index contributed by atoms with van der Waals surface area (Å²) < 4.78 is 45.1. The quantitative estimate of drug-likeness (QED) is 0.441. The first-order valence-corrected chi connectivity index (χ1v) is 13.2. The number of urea groups is 1. The van der Waals surface area contributed by atoms with Gasteiger partial charge in [-0.1, -0.05) is 12.5 Å². The molecule has 1 saturated carbocycles. The number of amides is 3. The number of rotatable bonds is 12. The number of imide groups is 1. The number of hydrogen-bond acceptors (Lipinski definition) is 6. The van der Waals surface area contributed by atoms with E-state index in [0.29, 0.717) is 45.2 Å². The summed E-state index contributed by atoms with van der Waals surface area (Å²) in [6.45, 7) is 3.93. The Morgan fingerprint density at radius 2 is 1.94 bits per heavy atom. The van der Waals surface area contributed by atoms with Gasteiger partial charge in [0.25, 0.3) is 0 Å². The van der Waals surface area contributed by atoms with Gasteiger partial charge in [-0.2, -0.15) is 0 Å². The average Bonchev–Trinajstić information content (AvgIpc) is 3.47. The molecule has 2 N–H and O–H groups in total. The SMILES string of the molecule is CC(C)(O)COc1cc(C2(CS(=O)(=O)CCCCCN3CCC(=O)NC3=O)CC2)ccc1F. The van der Waals surface area contributed by atoms with E-state index in [9.17, 15) is 27.5 Å². The molecule has 0 unspecified atom stereocenters. The van der Waals surface area contributed by atoms with Gasteiger partial charge in [0, 0.05) is 24.9 Å². The predicted octanol–water partition coefficient (Wildman–Crippen LogP) is 2.53. The summed E-state index contributed by atoms with van der Waals surface area (Å²) in [5, 5.41) is 12.1. The van der Waals surface area contributed by atoms with E-state index in [0.717, 1.165) is 5.56 Å². The molecule has 3 rings (SSSR count). The first-order valence-electron chi connectivity index (χ1n) is 11.3. The van der Waals surface area contributed by atoms with E-state index in [2.05, 4.69) is 5.32 Å². The van der Waals surface area contributed by atoms with E-state index in [4.69, 9.17) is 4.74 Å². The predicted molar refractivity (Wildman–Crippen MR) is 121 cm³/mol. The van der Waals surface area contributed by atoms with E-state index in [1.165, 1.54) is 6.07 Å². The molecular formula is C23H33FN2O6S. The molecule has 33 heavy (non-hydrogen) atoms. The van der Waals surface area contributed by atoms with E-state index in [1.807, 2.05) is 0 Å². The number of nitrogens with zero attached hydrogens (tertiary/aromatic N) is 1. The number of nitrogens with one attached hydrogen (secondary N) is 1. The van der Waals surface area contributed by atoms with Crippen LogP contribution in [0.15, 0.2) is 18.2 Å². The van der Waals surface area contributed by atoms with Crippen LogP contribution >= 0.6 is 0 Å². The van der Waals surface area contributed by atoms with Crippen LogP contribution in [-0.4, -0.2) is 67.2 Å². The van der Waals surface area contributed by atoms with Gasteiger partial charge in [-0.05, 0) is 57.2 Å². The van der Waals surface area contributed by atoms with Crippen LogP contribution in [-0.2, 0) is 20.0 Å². The second kappa shape index (κ2) is 9.97. The molecule has 3 amide bonds. The van der Waals surface area contributed by atoms with Crippen LogP contribution in [0.25, 0.3) is 0 Å². The minimum absolute atomic E-state index is 0.00715. The van der Waals surface area contributed by atoms with Gasteiger partial charge in [-0.3, -0.25) is 10.1 Å². The third-order valence-electron chi connectivity index (χ3n) is 6.00. The molecule has 10 heteroatoms. The van der Waals surface area contributed by atoms with Gasteiger partial charge in [0.2, 0.25) is 5.91 Å². The highest BCUT2D eigenvalue weighted by Gasteiger charge is 2.47. The van der Waals surface area contributed by atoms with Crippen molar-refractivity contribution in [1.82, 2.24) is 10.2 Å². The Morgan fingerprint density at radius 1 is 1.21 bits per heavy atom. The summed E-state index contributed by atoms with van der Waals surface area (Å²) in [6.07, 6.45) is 3.54. The Bertz CT molecular complexity index is 985. The maximum Gasteiger partial charge on any atom is 0.324 e. The van der Waals surface area contributed by atoms with Crippen molar-refractivity contribution >= 4 is 21.8 Å². The van der Waals surface area contributed by atoms with Gasteiger partial charge < -0.3 is 14.7 Å². The average molecular weight is 485 g/mol. The molecule has 1 heterocycles. The molecule has 1 saturated heterocycles. The molecule has 8 nitrogen and oxygen atoms in total. The molecule has 0 atom stereocenters. The summed E-state index contributed by atoms with van der Waals surface area (Å²) >= 11 is 0. The van der Waals surface area contributed by atoms with Crippen molar-refractivity contribution in [3.8, 4) is 5.75 Å². The third kappa shape index (κ3) is 7.40. The highest BCUT2D eigenvalue weighted by atomic mass is 32.2. The lowest BCUT2D eigenvalue weighted by molar-refractivity contribution is -0.121. The highest BCUT2D eigenvalue weighted by Crippen LogP contribution is 2.50. The van der Waals surface area contributed by atoms with Crippen molar-refractivity contribution in [2.45, 2.75) is 63.4 Å². The van der Waals surface area contributed by atoms with Crippen LogP contribution in [0, 0.1) is 5.82 Å². The van der Waals surface area contributed by atoms with E-state index >= 15 is 0 Å². The topological polar surface area (TPSA) is 113 Å². The monoisotopic (exact) mass is 484 g/mol. The molecule has 1 aliphatic carbocycles. The highest BCUT2D eigenvalue weighted by molar-refractivity contribution is 7.91. The number of unbranched alkanes of at least 4 members (excludes halogenated alkanes) is 2. The van der Waals surface area contributed by atoms with Gasteiger partial charge in [0.15, 0.2) is 21.4 Å². The minimum atomic E-state index is -3.32. The van der Waals surface area contributed by atoms with Gasteiger partial charge in [-0.15, -0.1) is 0 Å². The number of carbonyl (C=O) groups is 2. The first-order chi connectivity index (χ1) is 15.4. The number of halogens is 1. The summed E-state index contributed by atoms with van der Waals surface area (Å²) in [5.74, 6) is -0.737. The van der Waals surface area contributed by atoms with Crippen LogP contribution in [0.3, 0.4) is 0 Å². The third-order valence-corrected chi connectivity index (χ3v) is 7.90. The Hall–Kier alpha value is -2.20. The van der Waals surface area contributed by atoms with Crippen molar-refractivity contribution in [3.05, 3.63) is 29.6 Å². The molecule has 0 radical (unpaired) electrons. The van der Waals surface area contributed by atoms with Crippen LogP contribution in [0.5, 0.6) is 5.75 Å². The van der Waals surface area contributed by atoms with Crippen LogP contribution < -0.4 is 10.1 Å². The fraction of sp³-hybridized carbons (Fsp3) is 0.652. The standard InChI is InChI=1S/C23H33FN2O6S/c1-22(2,29)15-32-19-14-17(6-7-18(19)24)23(9-10-23)16-33(30,31)13-5-3-4-11-26-12-8-20(27)25-21(26)28/h6-7,14,29H,3-5,8-13,15-16H2,1-2H3,(H,25,27,28). The lowest BCUT2D eigenvalue weighted by Gasteiger charge is -2.26. The summed E-state index contributed by atoms with van der Waals surface area (Å²) in [5.41, 5.74) is -0.889. The van der Waals surface area contributed by atoms with E-state index in [1.54, 1.807) is 30.9 Å². The maximum absolute atomic E-state index is 14.1. The van der Waals surface area contributed by atoms with Gasteiger partial charge in [0.1, 0.15) is 6.61 Å². The van der Waals surface area contributed by atoms with Crippen molar-refractivity contribution in [1.29, 1.82) is 0 Å². The fourth-order valence-corrected chi connectivity index (χ4v) is 6.06. The molecule has 2 aliphatic rings. The molecule has 0 bridgehead atoms. The largest absolute Gasteiger partial charge is 0.488 e. The lowest BCUT2D eigenvalue weighted by Crippen LogP contribution is -2.49. The van der Waals surface area contributed by atoms with E-state index < -0.39 is 26.7 Å². The fourth-order valence-electron chi connectivity index (χ4n) is 3.97. The van der Waals surface area contributed by atoms with Crippen LogP contribution in [0.1, 0.15) is 57.9 Å². The van der Waals surface area contributed by atoms with Gasteiger partial charge >= 0.3 is 6.03 Å². The summed E-state index contributed by atoms with van der Waals surface area (Å²) in [4.78, 5) is 24.5. The second-order valence-electron chi connectivity index (χ2n) is 9.77. The Balaban J connectivity index is 1.49. The van der Waals surface area contributed by atoms with Crippen molar-refractivity contribution in [2.75, 3.05) is 31.2 Å². The zero-order valence-electron chi connectivity index (χ0n) is 19.2. The first kappa shape index (κ1) is 25.4. The minimum Gasteiger partial charge on any atom is -0.488 e. The van der Waals surface area contributed by atoms with Crippen molar-refractivity contribution in [2.24, 2.45) is 0 Å². The van der Waals surface area contributed by atoms with Gasteiger partial charge in [0.05, 0.1) is 17.1 Å². The zero-order valence-corrected chi connectivity index (χ0v) is 20.0. The molecule has 184 valence electrons. The smallest absolute Gasteiger partial charge is 0.324 e. The number of hydrogen-bond donors (Lipinski definition) is 2. The summed E-state index contributed by atoms with van der Waals surface area (Å²) in [7, 11) is -3.32. The van der Waals surface area contributed by atoms with Crippen LogP contribution in [0.2, 0.25) is 0 Å². The molecule has 0 spiro atoms. The summed E-state index contributed by atoms with van der Waals surface area (Å²) in [6, 6.07) is 4.06. The zero-order chi connectivity index (χ0) is 24.3. The second-order valence-corrected chi connectivity index (χ2v) is 12.0. The normalized spacial score (nSPS) is 18.2. The van der Waals surface area contributed by atoms with E-state index in [-0.39, 0.29) is 42.2 Å². The number of sulfone groups is 1. The van der Waals surface area contributed by atoms with Crippen LogP contribution in [0.4, 0.5) is 9.18 Å². The number of aliphatic hydroxyl groups is 1. The molecule has 0 aromatic heterocycles. The van der Waals surface area contributed by atoms with Crippen molar-refractivity contribution in [3.63, 3.8) is 0 Å². The number of carbonyl (C=O) groups excluding carboxylic acids is 2. The molecule has 1 aliphatic heterocycles. The molecule has 2 fully saturated rings. The molecule has 1 aromatic carbocycles. The van der Waals surface area contributed by atoms with Crippen molar-refractivity contribution < 1.29 is 32.2 Å². The molecule has 1 aromatic rings. The maximum atomic E-state index is 14.1. The Kier molecular flexibility index (Phi) is 7.68. The Morgan fingerprint density at radius 3 is 2.58 bits per heavy atom. The number of ether oxygens (including phenoxy) is 1. The Labute approximate surface area is 194 Å². The number of benzene rings is 1. The molecular weight excluding hydrogens is 451 g/mol.